The third-order valence-electron chi connectivity index (χ3n) is 3.54. The zero-order chi connectivity index (χ0) is 14.9. The number of rotatable bonds is 3. The molecule has 1 fully saturated rings. The number of hydrogen-bond acceptors (Lipinski definition) is 4. The Labute approximate surface area is 121 Å². The number of carbonyl (C=O) groups is 2. The Bertz CT molecular complexity index is 549. The average molecular weight is 292 g/mol. The van der Waals surface area contributed by atoms with Gasteiger partial charge in [0, 0.05) is 19.5 Å². The van der Waals surface area contributed by atoms with E-state index < -0.39 is 11.8 Å². The van der Waals surface area contributed by atoms with Crippen LogP contribution in [0.1, 0.15) is 12.8 Å². The summed E-state index contributed by atoms with van der Waals surface area (Å²) in [4.78, 5) is 24.0. The van der Waals surface area contributed by atoms with Gasteiger partial charge in [0.15, 0.2) is 11.5 Å². The summed E-state index contributed by atoms with van der Waals surface area (Å²) in [5.74, 6) is -0.379. The lowest BCUT2D eigenvalue weighted by Gasteiger charge is -2.23. The average Bonchev–Trinajstić information content (AvgIpc) is 3.01. The molecule has 3 rings (SSSR count). The third-order valence-corrected chi connectivity index (χ3v) is 3.54. The van der Waals surface area contributed by atoms with Gasteiger partial charge in [-0.3, -0.25) is 4.79 Å². The second-order valence-electron chi connectivity index (χ2n) is 5.11. The van der Waals surface area contributed by atoms with Crippen LogP contribution in [0, 0.1) is 0 Å². The summed E-state index contributed by atoms with van der Waals surface area (Å²) in [5, 5.41) is 11.1. The topological polar surface area (TPSA) is 88.1 Å². The molecule has 0 atom stereocenters. The molecule has 1 aromatic rings. The van der Waals surface area contributed by atoms with Gasteiger partial charge in [0.05, 0.1) is 13.0 Å². The minimum Gasteiger partial charge on any atom is -0.481 e. The van der Waals surface area contributed by atoms with Gasteiger partial charge in [-0.25, -0.2) is 4.79 Å². The summed E-state index contributed by atoms with van der Waals surface area (Å²) in [6, 6.07) is 7.11. The van der Waals surface area contributed by atoms with E-state index in [-0.39, 0.29) is 19.0 Å². The quantitative estimate of drug-likeness (QED) is 0.869. The fraction of sp³-hybridized carbons (Fsp3) is 0.429. The van der Waals surface area contributed by atoms with Crippen LogP contribution in [-0.4, -0.2) is 47.4 Å². The molecule has 2 amide bonds. The molecule has 0 unspecified atom stereocenters. The fourth-order valence-electron chi connectivity index (χ4n) is 2.52. The van der Waals surface area contributed by atoms with Crippen LogP contribution >= 0.6 is 0 Å². The highest BCUT2D eigenvalue weighted by atomic mass is 16.7. The Morgan fingerprint density at radius 3 is 2.57 bits per heavy atom. The standard InChI is InChI=1S/C14H16N2O5/c17-12(18)5-7-15-13(19)16-8-6-14(9-16)20-10-3-1-2-4-11(10)21-14/h1-4H,5-9H2,(H,15,19)(H,17,18). The number of carbonyl (C=O) groups excluding carboxylic acids is 1. The molecule has 0 saturated carbocycles. The second-order valence-corrected chi connectivity index (χ2v) is 5.11. The molecule has 112 valence electrons. The van der Waals surface area contributed by atoms with Crippen LogP contribution in [-0.2, 0) is 4.79 Å². The van der Waals surface area contributed by atoms with Gasteiger partial charge in [-0.1, -0.05) is 12.1 Å². The van der Waals surface area contributed by atoms with Crippen molar-refractivity contribution in [1.82, 2.24) is 10.2 Å². The molecule has 0 radical (unpaired) electrons. The van der Waals surface area contributed by atoms with Crippen molar-refractivity contribution in [1.29, 1.82) is 0 Å². The van der Waals surface area contributed by atoms with E-state index in [1.165, 1.54) is 0 Å². The van der Waals surface area contributed by atoms with Gasteiger partial charge in [0.25, 0.3) is 5.79 Å². The Morgan fingerprint density at radius 1 is 1.29 bits per heavy atom. The number of nitrogens with zero attached hydrogens (tertiary/aromatic N) is 1. The number of aliphatic carboxylic acids is 1. The lowest BCUT2D eigenvalue weighted by atomic mass is 10.2. The molecule has 2 aliphatic heterocycles. The summed E-state index contributed by atoms with van der Waals surface area (Å²) in [7, 11) is 0. The lowest BCUT2D eigenvalue weighted by molar-refractivity contribution is -0.136. The highest BCUT2D eigenvalue weighted by molar-refractivity contribution is 5.75. The van der Waals surface area contributed by atoms with Gasteiger partial charge in [-0.05, 0) is 12.1 Å². The van der Waals surface area contributed by atoms with Crippen LogP contribution in [0.5, 0.6) is 11.5 Å². The normalized spacial score (nSPS) is 18.0. The number of urea groups is 1. The molecule has 2 heterocycles. The van der Waals surface area contributed by atoms with E-state index in [2.05, 4.69) is 5.32 Å². The molecule has 0 aliphatic carbocycles. The van der Waals surface area contributed by atoms with Gasteiger partial charge in [-0.15, -0.1) is 0 Å². The van der Waals surface area contributed by atoms with Gasteiger partial charge in [0.2, 0.25) is 0 Å². The van der Waals surface area contributed by atoms with Crippen molar-refractivity contribution in [3.8, 4) is 11.5 Å². The Hall–Kier alpha value is -2.44. The second kappa shape index (κ2) is 5.16. The van der Waals surface area contributed by atoms with Crippen molar-refractivity contribution in [2.45, 2.75) is 18.6 Å². The van der Waals surface area contributed by atoms with Crippen molar-refractivity contribution in [3.63, 3.8) is 0 Å². The summed E-state index contributed by atoms with van der Waals surface area (Å²) in [6.45, 7) is 0.938. The molecule has 1 saturated heterocycles. The number of amides is 2. The van der Waals surface area contributed by atoms with E-state index in [9.17, 15) is 9.59 Å². The summed E-state index contributed by atoms with van der Waals surface area (Å²) < 4.78 is 11.7. The number of para-hydroxylation sites is 2. The number of carboxylic acid groups (broad SMARTS) is 1. The van der Waals surface area contributed by atoms with E-state index >= 15 is 0 Å². The van der Waals surface area contributed by atoms with Crippen LogP contribution < -0.4 is 14.8 Å². The fourth-order valence-corrected chi connectivity index (χ4v) is 2.52. The molecule has 21 heavy (non-hydrogen) atoms. The first-order valence-corrected chi connectivity index (χ1v) is 6.80. The molecule has 0 bridgehead atoms. The Morgan fingerprint density at radius 2 is 1.95 bits per heavy atom. The van der Waals surface area contributed by atoms with Gasteiger partial charge >= 0.3 is 12.0 Å². The molecule has 2 aliphatic rings. The Balaban J connectivity index is 1.57. The number of ether oxygens (including phenoxy) is 2. The largest absolute Gasteiger partial charge is 0.481 e. The first-order chi connectivity index (χ1) is 10.1. The molecule has 7 heteroatoms. The molecule has 2 N–H and O–H groups in total. The van der Waals surface area contributed by atoms with Crippen molar-refractivity contribution in [2.75, 3.05) is 19.6 Å². The number of nitrogens with one attached hydrogen (secondary N) is 1. The van der Waals surface area contributed by atoms with Crippen molar-refractivity contribution < 1.29 is 24.2 Å². The van der Waals surface area contributed by atoms with E-state index in [0.717, 1.165) is 0 Å². The maximum atomic E-state index is 12.0. The van der Waals surface area contributed by atoms with Crippen LogP contribution in [0.15, 0.2) is 24.3 Å². The van der Waals surface area contributed by atoms with Crippen LogP contribution in [0.2, 0.25) is 0 Å². The monoisotopic (exact) mass is 292 g/mol. The van der Waals surface area contributed by atoms with E-state index in [4.69, 9.17) is 14.6 Å². The highest BCUT2D eigenvalue weighted by Gasteiger charge is 2.48. The van der Waals surface area contributed by atoms with Crippen molar-refractivity contribution in [2.24, 2.45) is 0 Å². The predicted octanol–water partition coefficient (Wildman–Crippen LogP) is 1.04. The number of likely N-dealkylation sites (tertiary alicyclic amines) is 1. The molecular weight excluding hydrogens is 276 g/mol. The van der Waals surface area contributed by atoms with Gasteiger partial charge in [-0.2, -0.15) is 0 Å². The first kappa shape index (κ1) is 13.5. The molecule has 1 spiro atoms. The number of carboxylic acids is 1. The zero-order valence-electron chi connectivity index (χ0n) is 11.4. The maximum absolute atomic E-state index is 12.0. The van der Waals surface area contributed by atoms with Crippen LogP contribution in [0.4, 0.5) is 4.79 Å². The summed E-state index contributed by atoms with van der Waals surface area (Å²) in [6.07, 6.45) is 0.483. The minimum atomic E-state index is -0.939. The van der Waals surface area contributed by atoms with Gasteiger partial charge < -0.3 is 24.8 Å². The van der Waals surface area contributed by atoms with Crippen molar-refractivity contribution >= 4 is 12.0 Å². The van der Waals surface area contributed by atoms with Crippen LogP contribution in [0.25, 0.3) is 0 Å². The first-order valence-electron chi connectivity index (χ1n) is 6.80. The third kappa shape index (κ3) is 2.72. The minimum absolute atomic E-state index is 0.0941. The van der Waals surface area contributed by atoms with Gasteiger partial charge in [0.1, 0.15) is 0 Å². The van der Waals surface area contributed by atoms with E-state index in [0.29, 0.717) is 31.0 Å². The molecule has 0 aromatic heterocycles. The predicted molar refractivity (Wildman–Crippen MR) is 72.3 cm³/mol. The number of benzene rings is 1. The lowest BCUT2D eigenvalue weighted by Crippen LogP contribution is -2.45. The molecule has 1 aromatic carbocycles. The number of hydrogen-bond donors (Lipinski definition) is 2. The highest BCUT2D eigenvalue weighted by Crippen LogP contribution is 2.42. The maximum Gasteiger partial charge on any atom is 0.317 e. The summed E-state index contributed by atoms with van der Waals surface area (Å²) in [5.41, 5.74) is 0. The molecule has 7 nitrogen and oxygen atoms in total. The molecular formula is C14H16N2O5. The van der Waals surface area contributed by atoms with Crippen LogP contribution in [0.3, 0.4) is 0 Å². The zero-order valence-corrected chi connectivity index (χ0v) is 11.4. The van der Waals surface area contributed by atoms with Crippen molar-refractivity contribution in [3.05, 3.63) is 24.3 Å². The van der Waals surface area contributed by atoms with E-state index in [1.54, 1.807) is 4.90 Å². The number of fused-ring (bicyclic) bond motifs is 1. The summed E-state index contributed by atoms with van der Waals surface area (Å²) >= 11 is 0. The van der Waals surface area contributed by atoms with E-state index in [1.807, 2.05) is 24.3 Å². The SMILES string of the molecule is O=C(O)CCNC(=O)N1CCC2(C1)Oc1ccccc1O2. The Kier molecular flexibility index (Phi) is 3.32. The smallest absolute Gasteiger partial charge is 0.317 e.